The summed E-state index contributed by atoms with van der Waals surface area (Å²) in [5, 5.41) is 5.06. The van der Waals surface area contributed by atoms with Gasteiger partial charge in [0.25, 0.3) is 5.91 Å². The van der Waals surface area contributed by atoms with Gasteiger partial charge < -0.3 is 15.5 Å². The quantitative estimate of drug-likeness (QED) is 0.761. The van der Waals surface area contributed by atoms with Crippen LogP contribution in [0.4, 0.5) is 10.5 Å². The molecule has 1 aliphatic rings. The molecule has 0 bridgehead atoms. The van der Waals surface area contributed by atoms with E-state index in [-0.39, 0.29) is 13.1 Å². The van der Waals surface area contributed by atoms with Crippen molar-refractivity contribution < 1.29 is 14.4 Å². The minimum atomic E-state index is -0.531. The average Bonchev–Trinajstić information content (AvgIpc) is 2.70. The molecule has 21 heavy (non-hydrogen) atoms. The molecular formula is C14H18N4O3. The van der Waals surface area contributed by atoms with Crippen LogP contribution in [0.2, 0.25) is 0 Å². The number of benzene rings is 1. The van der Waals surface area contributed by atoms with Gasteiger partial charge in [-0.15, -0.1) is 0 Å². The number of anilines is 1. The first-order valence-corrected chi connectivity index (χ1v) is 6.57. The molecule has 1 heterocycles. The number of hydrogen-bond donors (Lipinski definition) is 2. The normalized spacial score (nSPS) is 14.5. The number of carbonyl (C=O) groups excluding carboxylic acids is 3. The highest BCUT2D eigenvalue weighted by atomic mass is 16.2. The number of imide groups is 1. The van der Waals surface area contributed by atoms with E-state index in [4.69, 9.17) is 0 Å². The Hall–Kier alpha value is -2.41. The van der Waals surface area contributed by atoms with E-state index in [1.807, 2.05) is 37.2 Å². The minimum absolute atomic E-state index is 0.0512. The summed E-state index contributed by atoms with van der Waals surface area (Å²) in [5.41, 5.74) is 1.71. The summed E-state index contributed by atoms with van der Waals surface area (Å²) in [7, 11) is 3.92. The Balaban J connectivity index is 1.96. The van der Waals surface area contributed by atoms with Gasteiger partial charge in [-0.25, -0.2) is 4.79 Å². The van der Waals surface area contributed by atoms with Crippen LogP contribution < -0.4 is 10.6 Å². The van der Waals surface area contributed by atoms with E-state index in [0.29, 0.717) is 5.69 Å². The van der Waals surface area contributed by atoms with Gasteiger partial charge in [-0.1, -0.05) is 12.1 Å². The van der Waals surface area contributed by atoms with Gasteiger partial charge in [0.2, 0.25) is 5.91 Å². The van der Waals surface area contributed by atoms with Gasteiger partial charge in [0.1, 0.15) is 6.54 Å². The van der Waals surface area contributed by atoms with E-state index < -0.39 is 17.8 Å². The maximum Gasteiger partial charge on any atom is 0.325 e. The third-order valence-corrected chi connectivity index (χ3v) is 2.95. The summed E-state index contributed by atoms with van der Waals surface area (Å²) in [5.74, 6) is -0.793. The van der Waals surface area contributed by atoms with E-state index in [0.717, 1.165) is 17.0 Å². The molecule has 0 spiro atoms. The molecule has 112 valence electrons. The van der Waals surface area contributed by atoms with Crippen molar-refractivity contribution >= 4 is 23.5 Å². The number of nitrogens with zero attached hydrogens (tertiary/aromatic N) is 2. The van der Waals surface area contributed by atoms with Crippen LogP contribution in [-0.4, -0.2) is 54.8 Å². The van der Waals surface area contributed by atoms with Gasteiger partial charge in [0.15, 0.2) is 0 Å². The lowest BCUT2D eigenvalue weighted by molar-refractivity contribution is -0.128. The lowest BCUT2D eigenvalue weighted by Crippen LogP contribution is -2.38. The van der Waals surface area contributed by atoms with Gasteiger partial charge in [-0.2, -0.15) is 0 Å². The highest BCUT2D eigenvalue weighted by Gasteiger charge is 2.30. The van der Waals surface area contributed by atoms with Crippen LogP contribution in [-0.2, 0) is 16.1 Å². The van der Waals surface area contributed by atoms with Crippen LogP contribution in [0.25, 0.3) is 0 Å². The van der Waals surface area contributed by atoms with Crippen LogP contribution >= 0.6 is 0 Å². The van der Waals surface area contributed by atoms with Crippen LogP contribution in [0.15, 0.2) is 24.3 Å². The summed E-state index contributed by atoms with van der Waals surface area (Å²) in [6.45, 7) is 0.434. The molecule has 4 amide bonds. The van der Waals surface area contributed by atoms with E-state index in [9.17, 15) is 14.4 Å². The number of rotatable bonds is 5. The number of hydrogen-bond acceptors (Lipinski definition) is 4. The van der Waals surface area contributed by atoms with Crippen LogP contribution in [0, 0.1) is 0 Å². The highest BCUT2D eigenvalue weighted by Crippen LogP contribution is 2.12. The second-order valence-corrected chi connectivity index (χ2v) is 5.12. The summed E-state index contributed by atoms with van der Waals surface area (Å²) in [4.78, 5) is 37.6. The first-order chi connectivity index (χ1) is 9.95. The van der Waals surface area contributed by atoms with Crippen LogP contribution in [0.3, 0.4) is 0 Å². The predicted molar refractivity (Wildman–Crippen MR) is 77.6 cm³/mol. The van der Waals surface area contributed by atoms with Crippen LogP contribution in [0.5, 0.6) is 0 Å². The number of urea groups is 1. The second kappa shape index (κ2) is 6.36. The van der Waals surface area contributed by atoms with Crippen molar-refractivity contribution in [2.24, 2.45) is 0 Å². The summed E-state index contributed by atoms with van der Waals surface area (Å²) in [6, 6.07) is 6.92. The molecule has 7 nitrogen and oxygen atoms in total. The van der Waals surface area contributed by atoms with Crippen LogP contribution in [0.1, 0.15) is 5.56 Å². The molecule has 1 aromatic rings. The Kier molecular flexibility index (Phi) is 4.54. The SMILES string of the molecule is CN(C)Cc1cccc(NC(=O)CN2C(=O)CNC2=O)c1. The van der Waals surface area contributed by atoms with Gasteiger partial charge in [-0.3, -0.25) is 14.5 Å². The molecule has 1 aromatic carbocycles. The molecule has 1 saturated heterocycles. The molecule has 0 aromatic heterocycles. The number of carbonyl (C=O) groups is 3. The third kappa shape index (κ3) is 4.03. The third-order valence-electron chi connectivity index (χ3n) is 2.95. The first kappa shape index (κ1) is 15.0. The summed E-state index contributed by atoms with van der Waals surface area (Å²) >= 11 is 0. The molecule has 2 N–H and O–H groups in total. The minimum Gasteiger partial charge on any atom is -0.329 e. The lowest BCUT2D eigenvalue weighted by Gasteiger charge is -2.14. The Morgan fingerprint density at radius 3 is 2.76 bits per heavy atom. The summed E-state index contributed by atoms with van der Waals surface area (Å²) in [6.07, 6.45) is 0. The van der Waals surface area contributed by atoms with Crippen molar-refractivity contribution in [3.05, 3.63) is 29.8 Å². The molecule has 0 aliphatic carbocycles. The Labute approximate surface area is 122 Å². The first-order valence-electron chi connectivity index (χ1n) is 6.57. The fourth-order valence-corrected chi connectivity index (χ4v) is 2.07. The van der Waals surface area contributed by atoms with Gasteiger partial charge >= 0.3 is 6.03 Å². The summed E-state index contributed by atoms with van der Waals surface area (Å²) < 4.78 is 0. The largest absolute Gasteiger partial charge is 0.329 e. The second-order valence-electron chi connectivity index (χ2n) is 5.12. The lowest BCUT2D eigenvalue weighted by atomic mass is 10.2. The van der Waals surface area contributed by atoms with E-state index in [1.165, 1.54) is 0 Å². The van der Waals surface area contributed by atoms with E-state index in [2.05, 4.69) is 10.6 Å². The molecule has 0 radical (unpaired) electrons. The van der Waals surface area contributed by atoms with Crippen molar-refractivity contribution in [1.29, 1.82) is 0 Å². The maximum absolute atomic E-state index is 11.9. The number of amides is 4. The molecule has 1 aliphatic heterocycles. The molecule has 0 atom stereocenters. The molecule has 7 heteroatoms. The average molecular weight is 290 g/mol. The Morgan fingerprint density at radius 2 is 2.14 bits per heavy atom. The molecule has 0 unspecified atom stereocenters. The van der Waals surface area contributed by atoms with Crippen molar-refractivity contribution in [1.82, 2.24) is 15.1 Å². The topological polar surface area (TPSA) is 81.8 Å². The monoisotopic (exact) mass is 290 g/mol. The molecular weight excluding hydrogens is 272 g/mol. The Morgan fingerprint density at radius 1 is 1.38 bits per heavy atom. The van der Waals surface area contributed by atoms with E-state index in [1.54, 1.807) is 6.07 Å². The highest BCUT2D eigenvalue weighted by molar-refractivity contribution is 6.06. The maximum atomic E-state index is 11.9. The van der Waals surface area contributed by atoms with Crippen molar-refractivity contribution in [3.63, 3.8) is 0 Å². The standard InChI is InChI=1S/C14H18N4O3/c1-17(2)8-10-4-3-5-11(6-10)16-12(19)9-18-13(20)7-15-14(18)21/h3-6H,7-9H2,1-2H3,(H,15,21)(H,16,19). The zero-order chi connectivity index (χ0) is 15.4. The van der Waals surface area contributed by atoms with Gasteiger partial charge in [-0.05, 0) is 31.8 Å². The van der Waals surface area contributed by atoms with Gasteiger partial charge in [0, 0.05) is 12.2 Å². The predicted octanol–water partition coefficient (Wildman–Crippen LogP) is 0.239. The molecule has 2 rings (SSSR count). The zero-order valence-corrected chi connectivity index (χ0v) is 12.0. The zero-order valence-electron chi connectivity index (χ0n) is 12.0. The number of nitrogens with one attached hydrogen (secondary N) is 2. The molecule has 1 fully saturated rings. The smallest absolute Gasteiger partial charge is 0.325 e. The molecule has 0 saturated carbocycles. The van der Waals surface area contributed by atoms with E-state index >= 15 is 0 Å². The Bertz CT molecular complexity index is 555. The van der Waals surface area contributed by atoms with Crippen molar-refractivity contribution in [3.8, 4) is 0 Å². The fourth-order valence-electron chi connectivity index (χ4n) is 2.07. The van der Waals surface area contributed by atoms with Crippen molar-refractivity contribution in [2.75, 3.05) is 32.5 Å². The van der Waals surface area contributed by atoms with Crippen molar-refractivity contribution in [2.45, 2.75) is 6.54 Å². The van der Waals surface area contributed by atoms with Gasteiger partial charge in [0.05, 0.1) is 6.54 Å². The fraction of sp³-hybridized carbons (Fsp3) is 0.357.